The molecule has 4 nitrogen and oxygen atoms in total. The van der Waals surface area contributed by atoms with Crippen LogP contribution < -0.4 is 0 Å². The van der Waals surface area contributed by atoms with Crippen LogP contribution >= 0.6 is 0 Å². The Labute approximate surface area is 289 Å². The lowest BCUT2D eigenvalue weighted by atomic mass is 10.0. The Balaban J connectivity index is 1.18. The van der Waals surface area contributed by atoms with Crippen LogP contribution in [-0.4, -0.2) is 19.1 Å². The van der Waals surface area contributed by atoms with Gasteiger partial charge in [-0.1, -0.05) is 109 Å². The van der Waals surface area contributed by atoms with Crippen LogP contribution in [-0.2, 0) is 0 Å². The van der Waals surface area contributed by atoms with Gasteiger partial charge >= 0.3 is 0 Å². The fourth-order valence-electron chi connectivity index (χ4n) is 7.44. The van der Waals surface area contributed by atoms with Crippen molar-refractivity contribution in [2.45, 2.75) is 0 Å². The van der Waals surface area contributed by atoms with Gasteiger partial charge in [-0.15, -0.1) is 0 Å². The van der Waals surface area contributed by atoms with E-state index in [0.29, 0.717) is 5.82 Å². The monoisotopic (exact) mass is 638 g/mol. The summed E-state index contributed by atoms with van der Waals surface area (Å²) < 4.78 is 4.68. The maximum atomic E-state index is 5.28. The van der Waals surface area contributed by atoms with Crippen LogP contribution in [0.25, 0.3) is 88.9 Å². The van der Waals surface area contributed by atoms with Gasteiger partial charge in [0.2, 0.25) is 0 Å². The molecule has 0 aliphatic heterocycles. The van der Waals surface area contributed by atoms with Crippen molar-refractivity contribution in [3.05, 3.63) is 182 Å². The average Bonchev–Trinajstić information content (AvgIpc) is 3.71. The third-order valence-corrected chi connectivity index (χ3v) is 9.72. The Morgan fingerprint density at radius 3 is 1.28 bits per heavy atom. The van der Waals surface area contributed by atoms with Gasteiger partial charge in [0.1, 0.15) is 0 Å². The Morgan fingerprint density at radius 2 is 0.720 bits per heavy atom. The summed E-state index contributed by atoms with van der Waals surface area (Å²) in [6, 6.07) is 64.2. The molecule has 0 bridgehead atoms. The van der Waals surface area contributed by atoms with E-state index >= 15 is 0 Å². The van der Waals surface area contributed by atoms with Crippen LogP contribution in [0.5, 0.6) is 0 Å². The van der Waals surface area contributed by atoms with Crippen LogP contribution in [0.4, 0.5) is 0 Å². The standard InChI is InChI=1S/C46H30N4/c1-4-14-31(15-5-1)40-30-41(32-24-26-44-38(28-32)36-20-10-12-22-42(36)49(44)34-16-6-2-7-17-34)48-46(47-40)33-25-27-45-39(29-33)37-21-11-13-23-43(37)50(45)35-18-8-3-9-19-35/h1-30H. The predicted octanol–water partition coefficient (Wildman–Crippen LogP) is 11.7. The number of fused-ring (bicyclic) bond motifs is 6. The fourth-order valence-corrected chi connectivity index (χ4v) is 7.44. The van der Waals surface area contributed by atoms with E-state index in [-0.39, 0.29) is 0 Å². The van der Waals surface area contributed by atoms with Crippen molar-refractivity contribution in [2.24, 2.45) is 0 Å². The summed E-state index contributed by atoms with van der Waals surface area (Å²) in [6.45, 7) is 0. The first-order chi connectivity index (χ1) is 24.8. The first-order valence-electron chi connectivity index (χ1n) is 16.9. The zero-order valence-corrected chi connectivity index (χ0v) is 27.1. The van der Waals surface area contributed by atoms with Crippen LogP contribution in [0.2, 0.25) is 0 Å². The van der Waals surface area contributed by atoms with E-state index in [1.54, 1.807) is 0 Å². The first-order valence-corrected chi connectivity index (χ1v) is 16.9. The highest BCUT2D eigenvalue weighted by atomic mass is 15.0. The van der Waals surface area contributed by atoms with Crippen molar-refractivity contribution in [1.29, 1.82) is 0 Å². The Morgan fingerprint density at radius 1 is 0.300 bits per heavy atom. The molecule has 4 heteroatoms. The topological polar surface area (TPSA) is 35.6 Å². The number of benzene rings is 7. The smallest absolute Gasteiger partial charge is 0.160 e. The van der Waals surface area contributed by atoms with Gasteiger partial charge in [-0.2, -0.15) is 0 Å². The summed E-state index contributed by atoms with van der Waals surface area (Å²) in [5.41, 5.74) is 11.8. The second-order valence-corrected chi connectivity index (χ2v) is 12.7. The molecule has 50 heavy (non-hydrogen) atoms. The minimum absolute atomic E-state index is 0.701. The second-order valence-electron chi connectivity index (χ2n) is 12.7. The largest absolute Gasteiger partial charge is 0.309 e. The van der Waals surface area contributed by atoms with E-state index < -0.39 is 0 Å². The maximum Gasteiger partial charge on any atom is 0.160 e. The Bertz CT molecular complexity index is 2670. The first kappa shape index (κ1) is 28.3. The molecular weight excluding hydrogens is 609 g/mol. The van der Waals surface area contributed by atoms with E-state index in [2.05, 4.69) is 185 Å². The zero-order chi connectivity index (χ0) is 33.0. The highest BCUT2D eigenvalue weighted by Gasteiger charge is 2.17. The molecule has 0 unspecified atom stereocenters. The molecule has 0 saturated carbocycles. The van der Waals surface area contributed by atoms with Gasteiger partial charge in [0.25, 0.3) is 0 Å². The lowest BCUT2D eigenvalue weighted by Crippen LogP contribution is -1.97. The summed E-state index contributed by atoms with van der Waals surface area (Å²) in [5.74, 6) is 0.701. The van der Waals surface area contributed by atoms with E-state index in [4.69, 9.17) is 9.97 Å². The molecule has 0 N–H and O–H groups in total. The Hall–Kier alpha value is -6.78. The third kappa shape index (κ3) is 4.54. The van der Waals surface area contributed by atoms with Crippen molar-refractivity contribution >= 4 is 43.6 Å². The molecule has 0 spiro atoms. The molecule has 3 aromatic heterocycles. The van der Waals surface area contributed by atoms with E-state index in [0.717, 1.165) is 45.0 Å². The SMILES string of the molecule is c1ccc(-c2cc(-c3ccc4c(c3)c3ccccc3n4-c3ccccc3)nc(-c3ccc4c(c3)c3ccccc3n4-c3ccccc3)n2)cc1. The highest BCUT2D eigenvalue weighted by molar-refractivity contribution is 6.11. The highest BCUT2D eigenvalue weighted by Crippen LogP contribution is 2.37. The van der Waals surface area contributed by atoms with Crippen LogP contribution in [0.3, 0.4) is 0 Å². The molecule has 0 amide bonds. The molecule has 0 aliphatic rings. The Kier molecular flexibility index (Phi) is 6.46. The summed E-state index contributed by atoms with van der Waals surface area (Å²) in [4.78, 5) is 10.5. The lowest BCUT2D eigenvalue weighted by molar-refractivity contribution is 1.17. The van der Waals surface area contributed by atoms with Crippen LogP contribution in [0, 0.1) is 0 Å². The van der Waals surface area contributed by atoms with Crippen molar-refractivity contribution in [3.63, 3.8) is 0 Å². The fraction of sp³-hybridized carbons (Fsp3) is 0. The minimum atomic E-state index is 0.701. The summed E-state index contributed by atoms with van der Waals surface area (Å²) in [6.07, 6.45) is 0. The van der Waals surface area contributed by atoms with Crippen LogP contribution in [0.15, 0.2) is 182 Å². The molecule has 234 valence electrons. The molecule has 3 heterocycles. The van der Waals surface area contributed by atoms with Gasteiger partial charge in [0.15, 0.2) is 5.82 Å². The summed E-state index contributed by atoms with van der Waals surface area (Å²) in [5, 5.41) is 4.78. The average molecular weight is 639 g/mol. The van der Waals surface area contributed by atoms with Crippen LogP contribution in [0.1, 0.15) is 0 Å². The number of rotatable bonds is 5. The van der Waals surface area contributed by atoms with E-state index in [1.165, 1.54) is 38.1 Å². The van der Waals surface area contributed by atoms with Crippen molar-refractivity contribution < 1.29 is 0 Å². The third-order valence-electron chi connectivity index (χ3n) is 9.72. The normalized spacial score (nSPS) is 11.6. The number of nitrogens with zero attached hydrogens (tertiary/aromatic N) is 4. The van der Waals surface area contributed by atoms with Gasteiger partial charge in [-0.05, 0) is 72.8 Å². The predicted molar refractivity (Wildman–Crippen MR) is 207 cm³/mol. The molecule has 0 radical (unpaired) electrons. The van der Waals surface area contributed by atoms with E-state index in [1.807, 2.05) is 6.07 Å². The molecule has 10 aromatic rings. The summed E-state index contributed by atoms with van der Waals surface area (Å²) in [7, 11) is 0. The molecule has 0 aliphatic carbocycles. The molecule has 0 saturated heterocycles. The van der Waals surface area contributed by atoms with Gasteiger partial charge in [-0.25, -0.2) is 9.97 Å². The molecule has 10 rings (SSSR count). The number of hydrogen-bond donors (Lipinski definition) is 0. The summed E-state index contributed by atoms with van der Waals surface area (Å²) >= 11 is 0. The van der Waals surface area contributed by atoms with Crippen molar-refractivity contribution in [2.75, 3.05) is 0 Å². The maximum absolute atomic E-state index is 5.28. The zero-order valence-electron chi connectivity index (χ0n) is 27.1. The minimum Gasteiger partial charge on any atom is -0.309 e. The molecule has 7 aromatic carbocycles. The molecule has 0 atom stereocenters. The quantitative estimate of drug-likeness (QED) is 0.188. The van der Waals surface area contributed by atoms with Gasteiger partial charge in [0.05, 0.1) is 33.5 Å². The van der Waals surface area contributed by atoms with Gasteiger partial charge in [-0.3, -0.25) is 0 Å². The van der Waals surface area contributed by atoms with Gasteiger partial charge in [0, 0.05) is 49.6 Å². The van der Waals surface area contributed by atoms with E-state index in [9.17, 15) is 0 Å². The van der Waals surface area contributed by atoms with Crippen molar-refractivity contribution in [1.82, 2.24) is 19.1 Å². The number of hydrogen-bond acceptors (Lipinski definition) is 2. The molecular formula is C46H30N4. The number of para-hydroxylation sites is 4. The second kappa shape index (κ2) is 11.4. The van der Waals surface area contributed by atoms with Crippen molar-refractivity contribution in [3.8, 4) is 45.3 Å². The lowest BCUT2D eigenvalue weighted by Gasteiger charge is -2.11. The number of aromatic nitrogens is 4. The van der Waals surface area contributed by atoms with Gasteiger partial charge < -0.3 is 9.13 Å². The molecule has 0 fully saturated rings.